The molecule has 6 nitrogen and oxygen atoms in total. The van der Waals surface area contributed by atoms with Crippen LogP contribution in [0.25, 0.3) is 0 Å². The molecule has 1 aliphatic heterocycles. The van der Waals surface area contributed by atoms with Crippen molar-refractivity contribution >= 4 is 16.0 Å². The zero-order chi connectivity index (χ0) is 15.8. The molecule has 3 aliphatic rings. The molecule has 1 spiro atoms. The lowest BCUT2D eigenvalue weighted by Gasteiger charge is -2.55. The van der Waals surface area contributed by atoms with E-state index in [0.29, 0.717) is 26.1 Å². The molecular weight excluding hydrogens is 306 g/mol. The number of sulfonamides is 1. The summed E-state index contributed by atoms with van der Waals surface area (Å²) in [4.78, 5) is 11.7. The molecule has 126 valence electrons. The van der Waals surface area contributed by atoms with Crippen LogP contribution >= 0.6 is 0 Å². The molecular formula is C15H25NO5S. The summed E-state index contributed by atoms with van der Waals surface area (Å²) >= 11 is 0. The number of nitrogens with one attached hydrogen (secondary N) is 1. The minimum atomic E-state index is -3.59. The molecule has 0 aromatic rings. The van der Waals surface area contributed by atoms with Gasteiger partial charge in [0.05, 0.1) is 12.4 Å². The molecule has 1 saturated heterocycles. The van der Waals surface area contributed by atoms with Crippen molar-refractivity contribution in [3.63, 3.8) is 0 Å². The number of hydrogen-bond donors (Lipinski definition) is 2. The lowest BCUT2D eigenvalue weighted by molar-refractivity contribution is -0.156. The van der Waals surface area contributed by atoms with Gasteiger partial charge in [0.25, 0.3) is 0 Å². The summed E-state index contributed by atoms with van der Waals surface area (Å²) in [6.45, 7) is 1.04. The SMILES string of the molecule is O=C(O)C1(NS(=O)(=O)CC2CCOC2)CC2(CCCCC2)C1. The third-order valence-electron chi connectivity index (χ3n) is 5.51. The van der Waals surface area contributed by atoms with Gasteiger partial charge in [-0.2, -0.15) is 4.72 Å². The maximum Gasteiger partial charge on any atom is 0.324 e. The predicted octanol–water partition coefficient (Wildman–Crippen LogP) is 1.51. The number of rotatable bonds is 5. The van der Waals surface area contributed by atoms with Crippen LogP contribution in [0.1, 0.15) is 51.4 Å². The van der Waals surface area contributed by atoms with Gasteiger partial charge in [-0.25, -0.2) is 8.42 Å². The van der Waals surface area contributed by atoms with E-state index in [9.17, 15) is 18.3 Å². The molecule has 7 heteroatoms. The summed E-state index contributed by atoms with van der Waals surface area (Å²) in [5.41, 5.74) is -1.23. The standard InChI is InChI=1S/C15H25NO5S/c17-13(18)15(10-14(11-15)5-2-1-3-6-14)16-22(19,20)9-12-4-7-21-8-12/h12,16H,1-11H2,(H,17,18). The second-order valence-electron chi connectivity index (χ2n) is 7.41. The van der Waals surface area contributed by atoms with Crippen LogP contribution in [0.3, 0.4) is 0 Å². The number of aliphatic carboxylic acids is 1. The molecule has 0 amide bonds. The van der Waals surface area contributed by atoms with Crippen LogP contribution in [0.2, 0.25) is 0 Å². The van der Waals surface area contributed by atoms with Gasteiger partial charge in [-0.05, 0) is 43.4 Å². The fourth-order valence-corrected chi connectivity index (χ4v) is 6.31. The van der Waals surface area contributed by atoms with Crippen LogP contribution < -0.4 is 4.72 Å². The zero-order valence-electron chi connectivity index (χ0n) is 12.8. The van der Waals surface area contributed by atoms with Gasteiger partial charge in [-0.15, -0.1) is 0 Å². The van der Waals surface area contributed by atoms with Gasteiger partial charge >= 0.3 is 5.97 Å². The highest BCUT2D eigenvalue weighted by molar-refractivity contribution is 7.89. The van der Waals surface area contributed by atoms with Crippen LogP contribution in [0.4, 0.5) is 0 Å². The topological polar surface area (TPSA) is 92.7 Å². The number of hydrogen-bond acceptors (Lipinski definition) is 4. The van der Waals surface area contributed by atoms with Crippen LogP contribution in [0, 0.1) is 11.3 Å². The Morgan fingerprint density at radius 3 is 2.45 bits per heavy atom. The number of ether oxygens (including phenoxy) is 1. The van der Waals surface area contributed by atoms with E-state index >= 15 is 0 Å². The smallest absolute Gasteiger partial charge is 0.324 e. The van der Waals surface area contributed by atoms with Crippen molar-refractivity contribution in [3.05, 3.63) is 0 Å². The normalized spacial score (nSPS) is 30.1. The maximum atomic E-state index is 12.3. The number of carboxylic acid groups (broad SMARTS) is 1. The molecule has 22 heavy (non-hydrogen) atoms. The first-order chi connectivity index (χ1) is 10.4. The van der Waals surface area contributed by atoms with Crippen LogP contribution in [0.5, 0.6) is 0 Å². The first kappa shape index (κ1) is 16.2. The van der Waals surface area contributed by atoms with Gasteiger partial charge < -0.3 is 9.84 Å². The highest BCUT2D eigenvalue weighted by Crippen LogP contribution is 2.57. The Hall–Kier alpha value is -0.660. The second kappa shape index (κ2) is 5.76. The molecule has 0 radical (unpaired) electrons. The average molecular weight is 331 g/mol. The van der Waals surface area contributed by atoms with Gasteiger partial charge in [0, 0.05) is 6.61 Å². The number of carboxylic acids is 1. The number of carbonyl (C=O) groups is 1. The Kier molecular flexibility index (Phi) is 4.24. The van der Waals surface area contributed by atoms with E-state index in [1.165, 1.54) is 6.42 Å². The van der Waals surface area contributed by atoms with Crippen molar-refractivity contribution in [3.8, 4) is 0 Å². The summed E-state index contributed by atoms with van der Waals surface area (Å²) in [5, 5.41) is 9.57. The molecule has 3 rings (SSSR count). The van der Waals surface area contributed by atoms with Crippen molar-refractivity contribution < 1.29 is 23.1 Å². The van der Waals surface area contributed by atoms with E-state index in [1.807, 2.05) is 0 Å². The Bertz CT molecular complexity index is 524. The first-order valence-corrected chi connectivity index (χ1v) is 9.83. The third-order valence-corrected chi connectivity index (χ3v) is 7.12. The molecule has 2 saturated carbocycles. The van der Waals surface area contributed by atoms with Gasteiger partial charge in [0.2, 0.25) is 10.0 Å². The molecule has 1 atom stereocenters. The summed E-state index contributed by atoms with van der Waals surface area (Å²) in [6.07, 6.45) is 7.12. The lowest BCUT2D eigenvalue weighted by Crippen LogP contribution is -2.67. The zero-order valence-corrected chi connectivity index (χ0v) is 13.7. The maximum absolute atomic E-state index is 12.3. The summed E-state index contributed by atoms with van der Waals surface area (Å²) < 4.78 is 32.4. The van der Waals surface area contributed by atoms with Crippen LogP contribution in [0.15, 0.2) is 0 Å². The highest BCUT2D eigenvalue weighted by atomic mass is 32.2. The van der Waals surface area contributed by atoms with E-state index in [4.69, 9.17) is 4.74 Å². The van der Waals surface area contributed by atoms with Crippen molar-refractivity contribution in [1.82, 2.24) is 4.72 Å². The van der Waals surface area contributed by atoms with E-state index in [2.05, 4.69) is 4.72 Å². The van der Waals surface area contributed by atoms with E-state index in [1.54, 1.807) is 0 Å². The van der Waals surface area contributed by atoms with Crippen molar-refractivity contribution in [2.24, 2.45) is 11.3 Å². The molecule has 0 aromatic carbocycles. The van der Waals surface area contributed by atoms with Gasteiger partial charge in [-0.1, -0.05) is 19.3 Å². The minimum absolute atomic E-state index is 0.0212. The van der Waals surface area contributed by atoms with Crippen LogP contribution in [-0.4, -0.2) is 44.0 Å². The summed E-state index contributed by atoms with van der Waals surface area (Å²) in [7, 11) is -3.59. The van der Waals surface area contributed by atoms with Gasteiger partial charge in [0.1, 0.15) is 5.54 Å². The van der Waals surface area contributed by atoms with Gasteiger partial charge in [0.15, 0.2) is 0 Å². The lowest BCUT2D eigenvalue weighted by atomic mass is 9.52. The first-order valence-electron chi connectivity index (χ1n) is 8.18. The van der Waals surface area contributed by atoms with E-state index in [0.717, 1.165) is 32.1 Å². The van der Waals surface area contributed by atoms with Crippen LogP contribution in [-0.2, 0) is 19.6 Å². The van der Waals surface area contributed by atoms with E-state index in [-0.39, 0.29) is 17.1 Å². The predicted molar refractivity (Wildman–Crippen MR) is 81.0 cm³/mol. The summed E-state index contributed by atoms with van der Waals surface area (Å²) in [5.74, 6) is -1.09. The van der Waals surface area contributed by atoms with Crippen molar-refractivity contribution in [2.45, 2.75) is 56.9 Å². The minimum Gasteiger partial charge on any atom is -0.480 e. The van der Waals surface area contributed by atoms with Gasteiger partial charge in [-0.3, -0.25) is 4.79 Å². The fourth-order valence-electron chi connectivity index (χ4n) is 4.52. The highest BCUT2D eigenvalue weighted by Gasteiger charge is 2.60. The Labute approximate surface area is 131 Å². The second-order valence-corrected chi connectivity index (χ2v) is 9.18. The van der Waals surface area contributed by atoms with Crippen molar-refractivity contribution in [2.75, 3.05) is 19.0 Å². The third kappa shape index (κ3) is 3.16. The molecule has 3 fully saturated rings. The average Bonchev–Trinajstić information content (AvgIpc) is 2.89. The summed E-state index contributed by atoms with van der Waals surface area (Å²) in [6, 6.07) is 0. The molecule has 1 unspecified atom stereocenters. The molecule has 1 heterocycles. The Balaban J connectivity index is 1.66. The quantitative estimate of drug-likeness (QED) is 0.796. The molecule has 0 aromatic heterocycles. The molecule has 0 bridgehead atoms. The Morgan fingerprint density at radius 1 is 1.23 bits per heavy atom. The molecule has 2 aliphatic carbocycles. The fraction of sp³-hybridized carbons (Fsp3) is 0.933. The van der Waals surface area contributed by atoms with E-state index < -0.39 is 21.5 Å². The molecule has 2 N–H and O–H groups in total. The Morgan fingerprint density at radius 2 is 1.91 bits per heavy atom. The largest absolute Gasteiger partial charge is 0.480 e. The van der Waals surface area contributed by atoms with Crippen molar-refractivity contribution in [1.29, 1.82) is 0 Å². The monoisotopic (exact) mass is 331 g/mol.